The highest BCUT2D eigenvalue weighted by Crippen LogP contribution is 2.21. The van der Waals surface area contributed by atoms with E-state index in [1.807, 2.05) is 0 Å². The van der Waals surface area contributed by atoms with Gasteiger partial charge in [-0.25, -0.2) is 0 Å². The van der Waals surface area contributed by atoms with Crippen molar-refractivity contribution in [2.75, 3.05) is 13.1 Å². The van der Waals surface area contributed by atoms with Crippen molar-refractivity contribution in [3.63, 3.8) is 0 Å². The molecule has 2 N–H and O–H groups in total. The summed E-state index contributed by atoms with van der Waals surface area (Å²) in [6.07, 6.45) is 0. The van der Waals surface area contributed by atoms with Crippen molar-refractivity contribution >= 4 is 24.2 Å². The number of carbonyl (C=O) groups is 2. The number of amides is 2. The lowest BCUT2D eigenvalue weighted by atomic mass is 10.1. The number of nitrogens with zero attached hydrogens (tertiary/aromatic N) is 1. The maximum absolute atomic E-state index is 11.6. The Morgan fingerprint density at radius 3 is 1.93 bits per heavy atom. The molecule has 0 saturated carbocycles. The third-order valence-corrected chi connectivity index (χ3v) is 2.23. The van der Waals surface area contributed by atoms with Crippen molar-refractivity contribution in [3.05, 3.63) is 35.4 Å². The van der Waals surface area contributed by atoms with Gasteiger partial charge >= 0.3 is 0 Å². The summed E-state index contributed by atoms with van der Waals surface area (Å²) < 4.78 is 0. The number of nitrogens with two attached hydrogens (primary N) is 1. The summed E-state index contributed by atoms with van der Waals surface area (Å²) in [5.74, 6) is -0.480. The van der Waals surface area contributed by atoms with E-state index in [9.17, 15) is 9.59 Å². The highest BCUT2D eigenvalue weighted by molar-refractivity contribution is 6.21. The molecule has 2 amide bonds. The van der Waals surface area contributed by atoms with E-state index in [1.165, 1.54) is 4.90 Å². The molecule has 0 radical (unpaired) electrons. The molecule has 2 rings (SSSR count). The molecule has 1 aromatic rings. The van der Waals surface area contributed by atoms with E-state index >= 15 is 0 Å². The van der Waals surface area contributed by atoms with Crippen LogP contribution in [0.15, 0.2) is 24.3 Å². The zero-order valence-electron chi connectivity index (χ0n) is 7.97. The number of rotatable bonds is 2. The van der Waals surface area contributed by atoms with Gasteiger partial charge in [0.05, 0.1) is 11.1 Å². The zero-order chi connectivity index (χ0) is 10.1. The second kappa shape index (κ2) is 4.42. The number of carbonyl (C=O) groups excluding carboxylic acids is 2. The van der Waals surface area contributed by atoms with E-state index in [-0.39, 0.29) is 30.8 Å². The van der Waals surface area contributed by atoms with Crippen LogP contribution in [0.4, 0.5) is 0 Å². The van der Waals surface area contributed by atoms with Crippen LogP contribution in [0.5, 0.6) is 0 Å². The van der Waals surface area contributed by atoms with Crippen molar-refractivity contribution in [1.29, 1.82) is 0 Å². The number of benzene rings is 1. The highest BCUT2D eigenvalue weighted by atomic mass is 35.5. The summed E-state index contributed by atoms with van der Waals surface area (Å²) in [5.41, 5.74) is 6.28. The first-order valence-corrected chi connectivity index (χ1v) is 4.41. The molecule has 80 valence electrons. The Bertz CT molecular complexity index is 371. The molecular formula is C10H11ClN2O2. The summed E-state index contributed by atoms with van der Waals surface area (Å²) in [4.78, 5) is 24.5. The SMILES string of the molecule is Cl.NCCN1C(=O)c2ccccc2C1=O. The van der Waals surface area contributed by atoms with Gasteiger partial charge in [-0.3, -0.25) is 14.5 Å². The van der Waals surface area contributed by atoms with Crippen LogP contribution in [0.3, 0.4) is 0 Å². The minimum atomic E-state index is -0.240. The molecule has 4 nitrogen and oxygen atoms in total. The van der Waals surface area contributed by atoms with Gasteiger partial charge in [-0.15, -0.1) is 12.4 Å². The standard InChI is InChI=1S/C10H10N2O2.ClH/c11-5-6-12-9(13)7-3-1-2-4-8(7)10(12)14;/h1-4H,5-6,11H2;1H. The van der Waals surface area contributed by atoms with Crippen molar-refractivity contribution in [1.82, 2.24) is 4.90 Å². The van der Waals surface area contributed by atoms with Crippen molar-refractivity contribution in [2.45, 2.75) is 0 Å². The maximum Gasteiger partial charge on any atom is 0.261 e. The van der Waals surface area contributed by atoms with E-state index in [0.717, 1.165) is 0 Å². The van der Waals surface area contributed by atoms with Gasteiger partial charge in [0, 0.05) is 13.1 Å². The second-order valence-electron chi connectivity index (χ2n) is 3.10. The molecule has 0 aliphatic carbocycles. The van der Waals surface area contributed by atoms with Gasteiger partial charge in [0.25, 0.3) is 11.8 Å². The van der Waals surface area contributed by atoms with Crippen LogP contribution < -0.4 is 5.73 Å². The molecule has 1 heterocycles. The van der Waals surface area contributed by atoms with Crippen LogP contribution in [0.25, 0.3) is 0 Å². The van der Waals surface area contributed by atoms with Gasteiger partial charge in [0.2, 0.25) is 0 Å². The number of imide groups is 1. The molecule has 0 spiro atoms. The molecule has 1 aromatic carbocycles. The molecule has 15 heavy (non-hydrogen) atoms. The molecule has 0 atom stereocenters. The molecule has 0 saturated heterocycles. The molecule has 1 aliphatic heterocycles. The van der Waals surface area contributed by atoms with Crippen LogP contribution in [-0.2, 0) is 0 Å². The molecule has 5 heteroatoms. The van der Waals surface area contributed by atoms with Gasteiger partial charge in [-0.1, -0.05) is 12.1 Å². The lowest BCUT2D eigenvalue weighted by Gasteiger charge is -2.10. The average Bonchev–Trinajstić information content (AvgIpc) is 2.45. The van der Waals surface area contributed by atoms with E-state index in [1.54, 1.807) is 24.3 Å². The lowest BCUT2D eigenvalue weighted by Crippen LogP contribution is -2.34. The Morgan fingerprint density at radius 1 is 1.07 bits per heavy atom. The topological polar surface area (TPSA) is 63.4 Å². The van der Waals surface area contributed by atoms with Gasteiger partial charge < -0.3 is 5.73 Å². The van der Waals surface area contributed by atoms with E-state index < -0.39 is 0 Å². The molecule has 0 aromatic heterocycles. The van der Waals surface area contributed by atoms with Crippen LogP contribution in [0.2, 0.25) is 0 Å². The summed E-state index contributed by atoms with van der Waals surface area (Å²) in [5, 5.41) is 0. The summed E-state index contributed by atoms with van der Waals surface area (Å²) in [6.45, 7) is 0.581. The number of fused-ring (bicyclic) bond motifs is 1. The van der Waals surface area contributed by atoms with Crippen LogP contribution in [0.1, 0.15) is 20.7 Å². The summed E-state index contributed by atoms with van der Waals surface area (Å²) in [6, 6.07) is 6.81. The fourth-order valence-electron chi connectivity index (χ4n) is 1.57. The lowest BCUT2D eigenvalue weighted by molar-refractivity contribution is 0.0659. The Balaban J connectivity index is 0.00000112. The largest absolute Gasteiger partial charge is 0.329 e. The first-order chi connectivity index (χ1) is 6.75. The van der Waals surface area contributed by atoms with Crippen molar-refractivity contribution < 1.29 is 9.59 Å². The normalized spacial score (nSPS) is 13.8. The van der Waals surface area contributed by atoms with E-state index in [2.05, 4.69) is 0 Å². The highest BCUT2D eigenvalue weighted by Gasteiger charge is 2.34. The predicted octanol–water partition coefficient (Wildman–Crippen LogP) is 0.663. The summed E-state index contributed by atoms with van der Waals surface area (Å²) >= 11 is 0. The summed E-state index contributed by atoms with van der Waals surface area (Å²) in [7, 11) is 0. The fourth-order valence-corrected chi connectivity index (χ4v) is 1.57. The molecule has 0 bridgehead atoms. The van der Waals surface area contributed by atoms with E-state index in [4.69, 9.17) is 5.73 Å². The Hall–Kier alpha value is -1.39. The monoisotopic (exact) mass is 226 g/mol. The minimum absolute atomic E-state index is 0. The van der Waals surface area contributed by atoms with Gasteiger partial charge in [-0.05, 0) is 12.1 Å². The third-order valence-electron chi connectivity index (χ3n) is 2.23. The minimum Gasteiger partial charge on any atom is -0.329 e. The number of hydrogen-bond donors (Lipinski definition) is 1. The Morgan fingerprint density at radius 2 is 1.53 bits per heavy atom. The third kappa shape index (κ3) is 1.73. The number of halogens is 1. The number of hydrogen-bond acceptors (Lipinski definition) is 3. The smallest absolute Gasteiger partial charge is 0.261 e. The van der Waals surface area contributed by atoms with E-state index in [0.29, 0.717) is 17.7 Å². The second-order valence-corrected chi connectivity index (χ2v) is 3.10. The quantitative estimate of drug-likeness (QED) is 0.754. The van der Waals surface area contributed by atoms with Crippen molar-refractivity contribution in [2.24, 2.45) is 5.73 Å². The van der Waals surface area contributed by atoms with Crippen LogP contribution >= 0.6 is 12.4 Å². The molecule has 0 fully saturated rings. The van der Waals surface area contributed by atoms with Gasteiger partial charge in [0.15, 0.2) is 0 Å². The maximum atomic E-state index is 11.6. The molecular weight excluding hydrogens is 216 g/mol. The first kappa shape index (κ1) is 11.7. The van der Waals surface area contributed by atoms with Crippen LogP contribution in [0, 0.1) is 0 Å². The van der Waals surface area contributed by atoms with Crippen molar-refractivity contribution in [3.8, 4) is 0 Å². The van der Waals surface area contributed by atoms with Gasteiger partial charge in [0.1, 0.15) is 0 Å². The van der Waals surface area contributed by atoms with Gasteiger partial charge in [-0.2, -0.15) is 0 Å². The Kier molecular flexibility index (Phi) is 3.44. The van der Waals surface area contributed by atoms with Crippen LogP contribution in [-0.4, -0.2) is 29.8 Å². The molecule has 0 unspecified atom stereocenters. The fraction of sp³-hybridized carbons (Fsp3) is 0.200. The first-order valence-electron chi connectivity index (χ1n) is 4.41. The average molecular weight is 227 g/mol. The zero-order valence-corrected chi connectivity index (χ0v) is 8.79. The Labute approximate surface area is 93.5 Å². The molecule has 1 aliphatic rings. The predicted molar refractivity (Wildman–Crippen MR) is 58.1 cm³/mol.